The minimum absolute atomic E-state index is 0.0301. The van der Waals surface area contributed by atoms with Crippen molar-refractivity contribution in [3.63, 3.8) is 0 Å². The average Bonchev–Trinajstić information content (AvgIpc) is 2.87. The van der Waals surface area contributed by atoms with E-state index >= 15 is 0 Å². The Morgan fingerprint density at radius 2 is 2.18 bits per heavy atom. The van der Waals surface area contributed by atoms with Crippen molar-refractivity contribution in [2.24, 2.45) is 0 Å². The summed E-state index contributed by atoms with van der Waals surface area (Å²) in [6, 6.07) is 6.14. The minimum atomic E-state index is -1.09. The van der Waals surface area contributed by atoms with Crippen LogP contribution in [0.4, 0.5) is 0 Å². The molecule has 118 valence electrons. The van der Waals surface area contributed by atoms with Gasteiger partial charge in [0.1, 0.15) is 0 Å². The number of carbonyl (C=O) groups is 2. The van der Waals surface area contributed by atoms with Gasteiger partial charge in [-0.15, -0.1) is 0 Å². The van der Waals surface area contributed by atoms with E-state index in [0.29, 0.717) is 12.8 Å². The molecule has 3 N–H and O–H groups in total. The van der Waals surface area contributed by atoms with Crippen LogP contribution >= 0.6 is 0 Å². The lowest BCUT2D eigenvalue weighted by Crippen LogP contribution is -2.37. The lowest BCUT2D eigenvalue weighted by Gasteiger charge is -2.11. The highest BCUT2D eigenvalue weighted by Crippen LogP contribution is 2.20. The van der Waals surface area contributed by atoms with Crippen molar-refractivity contribution in [1.82, 2.24) is 10.3 Å². The summed E-state index contributed by atoms with van der Waals surface area (Å²) < 4.78 is 4.76. The van der Waals surface area contributed by atoms with Gasteiger partial charge in [0.25, 0.3) is 0 Å². The molecule has 0 fully saturated rings. The predicted octanol–water partition coefficient (Wildman–Crippen LogP) is 1.62. The smallest absolute Gasteiger partial charge is 0.334 e. The number of fused-ring (bicyclic) bond motifs is 1. The lowest BCUT2D eigenvalue weighted by molar-refractivity contribution is -0.148. The number of hydrogen-bond donors (Lipinski definition) is 3. The molecule has 1 amide bonds. The van der Waals surface area contributed by atoms with E-state index < -0.39 is 12.1 Å². The zero-order valence-corrected chi connectivity index (χ0v) is 12.7. The van der Waals surface area contributed by atoms with Crippen molar-refractivity contribution in [2.75, 3.05) is 13.7 Å². The predicted molar refractivity (Wildman–Crippen MR) is 82.8 cm³/mol. The minimum Gasteiger partial charge on any atom is -0.479 e. The fourth-order valence-electron chi connectivity index (χ4n) is 2.31. The molecule has 22 heavy (non-hydrogen) atoms. The number of carboxylic acids is 1. The maximum Gasteiger partial charge on any atom is 0.334 e. The first-order valence-electron chi connectivity index (χ1n) is 7.10. The number of aliphatic carboxylic acids is 1. The number of amides is 1. The summed E-state index contributed by atoms with van der Waals surface area (Å²) >= 11 is 0. The molecule has 2 rings (SSSR count). The average molecular weight is 304 g/mol. The van der Waals surface area contributed by atoms with Crippen molar-refractivity contribution < 1.29 is 19.4 Å². The molecule has 1 unspecified atom stereocenters. The molecule has 1 aromatic heterocycles. The van der Waals surface area contributed by atoms with E-state index in [1.54, 1.807) is 0 Å². The van der Waals surface area contributed by atoms with Crippen LogP contribution in [0.3, 0.4) is 0 Å². The number of rotatable bonds is 7. The van der Waals surface area contributed by atoms with Crippen LogP contribution in [0.5, 0.6) is 0 Å². The number of hydrogen-bond acceptors (Lipinski definition) is 3. The summed E-state index contributed by atoms with van der Waals surface area (Å²) in [7, 11) is 1.30. The second-order valence-corrected chi connectivity index (χ2v) is 5.23. The molecule has 1 heterocycles. The Morgan fingerprint density at radius 1 is 1.41 bits per heavy atom. The van der Waals surface area contributed by atoms with Crippen molar-refractivity contribution in [3.05, 3.63) is 35.5 Å². The van der Waals surface area contributed by atoms with Gasteiger partial charge in [0.15, 0.2) is 6.10 Å². The van der Waals surface area contributed by atoms with Crippen LogP contribution in [0.2, 0.25) is 0 Å². The number of benzene rings is 1. The van der Waals surface area contributed by atoms with Gasteiger partial charge in [-0.2, -0.15) is 0 Å². The highest BCUT2D eigenvalue weighted by Gasteiger charge is 2.17. The van der Waals surface area contributed by atoms with E-state index in [2.05, 4.69) is 16.4 Å². The second kappa shape index (κ2) is 7.09. The summed E-state index contributed by atoms with van der Waals surface area (Å²) in [5.74, 6) is -1.28. The molecule has 6 heteroatoms. The summed E-state index contributed by atoms with van der Waals surface area (Å²) in [6.45, 7) is 2.00. The zero-order valence-electron chi connectivity index (χ0n) is 12.7. The van der Waals surface area contributed by atoms with E-state index in [1.807, 2.05) is 25.3 Å². The Labute approximate surface area is 128 Å². The number of H-pyrrole nitrogens is 1. The Morgan fingerprint density at radius 3 is 2.86 bits per heavy atom. The van der Waals surface area contributed by atoms with Crippen molar-refractivity contribution in [1.29, 1.82) is 0 Å². The molecule has 0 aliphatic rings. The van der Waals surface area contributed by atoms with Gasteiger partial charge in [0.05, 0.1) is 6.54 Å². The number of aromatic amines is 1. The van der Waals surface area contributed by atoms with Crippen molar-refractivity contribution in [3.8, 4) is 0 Å². The summed E-state index contributed by atoms with van der Waals surface area (Å²) in [6.07, 6.45) is 1.79. The number of aromatic nitrogens is 1. The number of ether oxygens (including phenoxy) is 1. The molecule has 2 aromatic rings. The van der Waals surface area contributed by atoms with Gasteiger partial charge in [0, 0.05) is 30.6 Å². The summed E-state index contributed by atoms with van der Waals surface area (Å²) in [5.41, 5.74) is 3.30. The molecule has 0 spiro atoms. The molecular formula is C16H20N2O4. The molecular weight excluding hydrogens is 284 g/mol. The molecule has 0 bridgehead atoms. The highest BCUT2D eigenvalue weighted by molar-refractivity contribution is 5.85. The van der Waals surface area contributed by atoms with Crippen LogP contribution < -0.4 is 5.32 Å². The molecule has 0 aliphatic heterocycles. The van der Waals surface area contributed by atoms with E-state index in [0.717, 1.165) is 16.5 Å². The highest BCUT2D eigenvalue weighted by atomic mass is 16.5. The third-order valence-corrected chi connectivity index (χ3v) is 3.59. The quantitative estimate of drug-likeness (QED) is 0.725. The van der Waals surface area contributed by atoms with E-state index in [9.17, 15) is 9.59 Å². The first-order chi connectivity index (χ1) is 10.5. The Kier molecular flexibility index (Phi) is 5.16. The Bertz CT molecular complexity index is 678. The zero-order chi connectivity index (χ0) is 16.1. The van der Waals surface area contributed by atoms with Crippen LogP contribution in [0.1, 0.15) is 17.5 Å². The van der Waals surface area contributed by atoms with Crippen LogP contribution in [-0.4, -0.2) is 41.7 Å². The van der Waals surface area contributed by atoms with Crippen LogP contribution in [0.25, 0.3) is 10.9 Å². The van der Waals surface area contributed by atoms with Crippen LogP contribution in [0.15, 0.2) is 24.4 Å². The number of aryl methyl sites for hydroxylation is 2. The largest absolute Gasteiger partial charge is 0.479 e. The summed E-state index contributed by atoms with van der Waals surface area (Å²) in [4.78, 5) is 25.8. The van der Waals surface area contributed by atoms with Gasteiger partial charge in [0.2, 0.25) is 5.91 Å². The van der Waals surface area contributed by atoms with E-state index in [4.69, 9.17) is 9.84 Å². The molecule has 0 saturated heterocycles. The standard InChI is InChI=1S/C16H20N2O4/c1-10-3-5-13-12(7-10)11(8-17-13)4-6-15(19)18-9-14(22-2)16(20)21/h3,5,7-8,14,17H,4,6,9H2,1-2H3,(H,18,19)(H,20,21). The molecule has 1 aromatic carbocycles. The summed E-state index contributed by atoms with van der Waals surface area (Å²) in [5, 5.41) is 12.5. The third kappa shape index (κ3) is 3.85. The number of carbonyl (C=O) groups excluding carboxylic acids is 1. The first kappa shape index (κ1) is 16.0. The second-order valence-electron chi connectivity index (χ2n) is 5.23. The van der Waals surface area contributed by atoms with Gasteiger partial charge >= 0.3 is 5.97 Å². The van der Waals surface area contributed by atoms with Crippen LogP contribution in [-0.2, 0) is 20.7 Å². The van der Waals surface area contributed by atoms with E-state index in [1.165, 1.54) is 12.7 Å². The van der Waals surface area contributed by atoms with Gasteiger partial charge < -0.3 is 20.1 Å². The topological polar surface area (TPSA) is 91.4 Å². The maximum absolute atomic E-state index is 11.8. The van der Waals surface area contributed by atoms with Gasteiger partial charge in [-0.3, -0.25) is 4.79 Å². The molecule has 6 nitrogen and oxygen atoms in total. The van der Waals surface area contributed by atoms with Crippen molar-refractivity contribution >= 4 is 22.8 Å². The molecule has 0 radical (unpaired) electrons. The fraction of sp³-hybridized carbons (Fsp3) is 0.375. The lowest BCUT2D eigenvalue weighted by atomic mass is 10.1. The van der Waals surface area contributed by atoms with Gasteiger partial charge in [-0.05, 0) is 31.0 Å². The Balaban J connectivity index is 1.90. The molecule has 1 atom stereocenters. The normalized spacial score (nSPS) is 12.3. The molecule has 0 saturated carbocycles. The van der Waals surface area contributed by atoms with Crippen LogP contribution in [0, 0.1) is 6.92 Å². The monoisotopic (exact) mass is 304 g/mol. The van der Waals surface area contributed by atoms with Crippen molar-refractivity contribution in [2.45, 2.75) is 25.9 Å². The first-order valence-corrected chi connectivity index (χ1v) is 7.10. The molecule has 0 aliphatic carbocycles. The number of methoxy groups -OCH3 is 1. The van der Waals surface area contributed by atoms with E-state index in [-0.39, 0.29) is 12.5 Å². The maximum atomic E-state index is 11.8. The number of nitrogens with one attached hydrogen (secondary N) is 2. The third-order valence-electron chi connectivity index (χ3n) is 3.59. The fourth-order valence-corrected chi connectivity index (χ4v) is 2.31. The van der Waals surface area contributed by atoms with Gasteiger partial charge in [-0.1, -0.05) is 11.6 Å². The SMILES string of the molecule is COC(CNC(=O)CCc1c[nH]c2ccc(C)cc12)C(=O)O. The van der Waals surface area contributed by atoms with Gasteiger partial charge in [-0.25, -0.2) is 4.79 Å². The number of carboxylic acid groups (broad SMARTS) is 1. The Hall–Kier alpha value is -2.34.